The maximum atomic E-state index is 12.8. The topological polar surface area (TPSA) is 92.8 Å². The van der Waals surface area contributed by atoms with E-state index in [-0.39, 0.29) is 18.9 Å². The van der Waals surface area contributed by atoms with E-state index in [4.69, 9.17) is 14.2 Å². The molecule has 1 aliphatic rings. The van der Waals surface area contributed by atoms with Gasteiger partial charge < -0.3 is 29.6 Å². The number of H-pyrrole nitrogens is 1. The van der Waals surface area contributed by atoms with E-state index >= 15 is 0 Å². The largest absolute Gasteiger partial charge is 0.497 e. The van der Waals surface area contributed by atoms with Crippen molar-refractivity contribution in [1.29, 1.82) is 0 Å². The quantitative estimate of drug-likeness (QED) is 0.423. The summed E-state index contributed by atoms with van der Waals surface area (Å²) in [7, 11) is 4.77. The van der Waals surface area contributed by atoms with Crippen molar-refractivity contribution in [3.63, 3.8) is 0 Å². The molecule has 1 amide bonds. The third-order valence-corrected chi connectivity index (χ3v) is 6.27. The second-order valence-electron chi connectivity index (χ2n) is 8.28. The Hall–Kier alpha value is -3.97. The lowest BCUT2D eigenvalue weighted by atomic mass is 9.99. The first-order chi connectivity index (χ1) is 17.0. The molecule has 1 aromatic heterocycles. The van der Waals surface area contributed by atoms with Crippen molar-refractivity contribution in [2.45, 2.75) is 26.5 Å². The van der Waals surface area contributed by atoms with Crippen LogP contribution in [0.25, 0.3) is 17.2 Å². The predicted molar refractivity (Wildman–Crippen MR) is 136 cm³/mol. The Bertz CT molecular complexity index is 1260. The predicted octanol–water partition coefficient (Wildman–Crippen LogP) is 4.57. The zero-order valence-electron chi connectivity index (χ0n) is 20.4. The Labute approximate surface area is 205 Å². The van der Waals surface area contributed by atoms with Gasteiger partial charge in [-0.2, -0.15) is 0 Å². The number of benzene rings is 2. The van der Waals surface area contributed by atoms with E-state index < -0.39 is 0 Å². The van der Waals surface area contributed by atoms with Gasteiger partial charge in [0.05, 0.1) is 46.5 Å². The van der Waals surface area contributed by atoms with Gasteiger partial charge in [-0.05, 0) is 82.8 Å². The molecule has 1 aliphatic carbocycles. The van der Waals surface area contributed by atoms with Crippen molar-refractivity contribution in [2.24, 2.45) is 0 Å². The molecular formula is C28H30N2O5. The first-order valence-electron chi connectivity index (χ1n) is 11.3. The molecule has 2 aromatic carbocycles. The van der Waals surface area contributed by atoms with E-state index in [1.54, 1.807) is 21.3 Å². The molecule has 3 N–H and O–H groups in total. The van der Waals surface area contributed by atoms with Crippen molar-refractivity contribution in [3.05, 3.63) is 82.2 Å². The zero-order valence-corrected chi connectivity index (χ0v) is 20.4. The van der Waals surface area contributed by atoms with Crippen LogP contribution in [0.3, 0.4) is 0 Å². The van der Waals surface area contributed by atoms with Gasteiger partial charge in [0.1, 0.15) is 17.2 Å². The molecule has 0 saturated heterocycles. The van der Waals surface area contributed by atoms with Crippen LogP contribution in [-0.4, -0.2) is 37.3 Å². The van der Waals surface area contributed by atoms with Crippen LogP contribution in [0.5, 0.6) is 17.2 Å². The number of allylic oxidation sites excluding steroid dienone is 2. The highest BCUT2D eigenvalue weighted by atomic mass is 16.5. The van der Waals surface area contributed by atoms with Gasteiger partial charge in [-0.15, -0.1) is 0 Å². The summed E-state index contributed by atoms with van der Waals surface area (Å²) < 4.78 is 16.4. The van der Waals surface area contributed by atoms with E-state index in [0.29, 0.717) is 23.6 Å². The molecule has 0 atom stereocenters. The third-order valence-electron chi connectivity index (χ3n) is 6.27. The van der Waals surface area contributed by atoms with Crippen LogP contribution in [0.4, 0.5) is 0 Å². The van der Waals surface area contributed by atoms with Crippen LogP contribution in [-0.2, 0) is 17.9 Å². The molecule has 7 nitrogen and oxygen atoms in total. The van der Waals surface area contributed by atoms with Crippen LogP contribution in [0, 0.1) is 0 Å². The lowest BCUT2D eigenvalue weighted by molar-refractivity contribution is -0.120. The Morgan fingerprint density at radius 3 is 2.37 bits per heavy atom. The number of rotatable bonds is 9. The lowest BCUT2D eigenvalue weighted by Crippen LogP contribution is -2.22. The Balaban J connectivity index is 1.73. The van der Waals surface area contributed by atoms with E-state index in [1.807, 2.05) is 55.6 Å². The molecule has 182 valence electrons. The van der Waals surface area contributed by atoms with Crippen molar-refractivity contribution < 1.29 is 24.1 Å². The number of hydrogen-bond donors (Lipinski definition) is 3. The highest BCUT2D eigenvalue weighted by Gasteiger charge is 2.26. The molecule has 0 fully saturated rings. The smallest absolute Gasteiger partial charge is 0.224 e. The standard InChI is InChI=1S/C28H30N2O5/c1-17-22(10-18-11-26(34-3)25(16-31)27(12-18)35-4)21-8-7-20(33-2)13-24(21)23(17)14-28(32)30-15-19-6-5-9-29-19/h5-13,29,31H,14-16H2,1-4H3,(H,30,32)/b22-10-. The summed E-state index contributed by atoms with van der Waals surface area (Å²) in [4.78, 5) is 15.9. The number of fused-ring (bicyclic) bond motifs is 1. The number of aromatic nitrogens is 1. The molecular weight excluding hydrogens is 444 g/mol. The zero-order chi connectivity index (χ0) is 24.9. The number of amides is 1. The van der Waals surface area contributed by atoms with Crippen molar-refractivity contribution in [1.82, 2.24) is 10.3 Å². The SMILES string of the molecule is COc1ccc2c(c1)C(CC(=O)NCc1ccc[nH]1)=C(C)/C2=C/c1cc(OC)c(CO)c(OC)c1. The lowest BCUT2D eigenvalue weighted by Gasteiger charge is -2.13. The molecule has 35 heavy (non-hydrogen) atoms. The molecule has 0 unspecified atom stereocenters. The summed E-state index contributed by atoms with van der Waals surface area (Å²) in [6.07, 6.45) is 4.14. The fraction of sp³-hybridized carbons (Fsp3) is 0.250. The monoisotopic (exact) mass is 474 g/mol. The summed E-state index contributed by atoms with van der Waals surface area (Å²) in [5, 5.41) is 12.7. The number of hydrogen-bond acceptors (Lipinski definition) is 5. The van der Waals surface area contributed by atoms with Crippen LogP contribution in [0.2, 0.25) is 0 Å². The number of nitrogens with one attached hydrogen (secondary N) is 2. The maximum Gasteiger partial charge on any atom is 0.224 e. The fourth-order valence-corrected chi connectivity index (χ4v) is 4.42. The molecule has 7 heteroatoms. The molecule has 0 bridgehead atoms. The van der Waals surface area contributed by atoms with E-state index in [1.165, 1.54) is 0 Å². The number of carbonyl (C=O) groups is 1. The Morgan fingerprint density at radius 2 is 1.77 bits per heavy atom. The summed E-state index contributed by atoms with van der Waals surface area (Å²) in [5.41, 5.74) is 7.41. The van der Waals surface area contributed by atoms with Gasteiger partial charge in [0.25, 0.3) is 0 Å². The number of carbonyl (C=O) groups excluding carboxylic acids is 1. The normalized spacial score (nSPS) is 13.7. The number of aromatic amines is 1. The van der Waals surface area contributed by atoms with Crippen molar-refractivity contribution in [2.75, 3.05) is 21.3 Å². The van der Waals surface area contributed by atoms with Crippen molar-refractivity contribution in [3.8, 4) is 17.2 Å². The summed E-state index contributed by atoms with van der Waals surface area (Å²) in [6, 6.07) is 13.5. The van der Waals surface area contributed by atoms with Crippen LogP contribution >= 0.6 is 0 Å². The van der Waals surface area contributed by atoms with Crippen LogP contribution in [0.1, 0.15) is 41.3 Å². The van der Waals surface area contributed by atoms with Gasteiger partial charge in [0.2, 0.25) is 5.91 Å². The number of aliphatic hydroxyl groups excluding tert-OH is 1. The minimum Gasteiger partial charge on any atom is -0.497 e. The maximum absolute atomic E-state index is 12.8. The third kappa shape index (κ3) is 4.95. The van der Waals surface area contributed by atoms with Crippen LogP contribution < -0.4 is 19.5 Å². The average Bonchev–Trinajstić information content (AvgIpc) is 3.49. The highest BCUT2D eigenvalue weighted by Crippen LogP contribution is 2.45. The molecule has 0 spiro atoms. The molecule has 3 aromatic rings. The number of aliphatic hydroxyl groups is 1. The van der Waals surface area contributed by atoms with Gasteiger partial charge >= 0.3 is 0 Å². The second-order valence-corrected chi connectivity index (χ2v) is 8.28. The molecule has 0 radical (unpaired) electrons. The highest BCUT2D eigenvalue weighted by molar-refractivity contribution is 6.08. The van der Waals surface area contributed by atoms with E-state index in [2.05, 4.69) is 16.4 Å². The number of ether oxygens (including phenoxy) is 3. The second kappa shape index (κ2) is 10.5. The minimum absolute atomic E-state index is 0.0559. The summed E-state index contributed by atoms with van der Waals surface area (Å²) >= 11 is 0. The summed E-state index contributed by atoms with van der Waals surface area (Å²) in [5.74, 6) is 1.78. The Morgan fingerprint density at radius 1 is 1.03 bits per heavy atom. The molecule has 0 saturated carbocycles. The fourth-order valence-electron chi connectivity index (χ4n) is 4.42. The van der Waals surface area contributed by atoms with Gasteiger partial charge in [-0.25, -0.2) is 0 Å². The van der Waals surface area contributed by atoms with Crippen molar-refractivity contribution >= 4 is 23.1 Å². The molecule has 4 rings (SSSR count). The van der Waals surface area contributed by atoms with Crippen LogP contribution in [0.15, 0.2) is 54.2 Å². The molecule has 1 heterocycles. The first kappa shape index (κ1) is 24.2. The summed E-state index contributed by atoms with van der Waals surface area (Å²) in [6.45, 7) is 2.29. The molecule has 0 aliphatic heterocycles. The first-order valence-corrected chi connectivity index (χ1v) is 11.3. The van der Waals surface area contributed by atoms with Gasteiger partial charge in [0, 0.05) is 11.9 Å². The van der Waals surface area contributed by atoms with E-state index in [9.17, 15) is 9.90 Å². The van der Waals surface area contributed by atoms with Gasteiger partial charge in [0.15, 0.2) is 0 Å². The van der Waals surface area contributed by atoms with Gasteiger partial charge in [-0.1, -0.05) is 6.07 Å². The minimum atomic E-state index is -0.188. The average molecular weight is 475 g/mol. The van der Waals surface area contributed by atoms with Gasteiger partial charge in [-0.3, -0.25) is 4.79 Å². The number of methoxy groups -OCH3 is 3. The van der Waals surface area contributed by atoms with E-state index in [0.717, 1.165) is 44.9 Å². The Kier molecular flexibility index (Phi) is 7.27.